The van der Waals surface area contributed by atoms with Crippen LogP contribution in [0.2, 0.25) is 0 Å². The number of nitriles is 1. The van der Waals surface area contributed by atoms with E-state index in [2.05, 4.69) is 6.07 Å². The highest BCUT2D eigenvalue weighted by Gasteiger charge is 2.36. The van der Waals surface area contributed by atoms with E-state index in [0.717, 1.165) is 22.6 Å². The Morgan fingerprint density at radius 3 is 2.19 bits per heavy atom. The molecule has 2 N–H and O–H groups in total. The maximum absolute atomic E-state index is 13.4. The lowest BCUT2D eigenvalue weighted by molar-refractivity contribution is -0.134. The van der Waals surface area contributed by atoms with Crippen LogP contribution in [0.5, 0.6) is 11.5 Å². The van der Waals surface area contributed by atoms with Gasteiger partial charge >= 0.3 is 5.97 Å². The first-order valence-corrected chi connectivity index (χ1v) is 12.2. The average Bonchev–Trinajstić information content (AvgIpc) is 3.21. The summed E-state index contributed by atoms with van der Waals surface area (Å²) in [6.07, 6.45) is 1.72. The van der Waals surface area contributed by atoms with Gasteiger partial charge in [-0.15, -0.1) is 11.3 Å². The van der Waals surface area contributed by atoms with Crippen LogP contribution in [0.3, 0.4) is 0 Å². The number of nitrogens with zero attached hydrogens (tertiary/aromatic N) is 2. The van der Waals surface area contributed by atoms with Gasteiger partial charge in [-0.3, -0.25) is 9.36 Å². The van der Waals surface area contributed by atoms with Crippen LogP contribution in [-0.2, 0) is 9.53 Å². The van der Waals surface area contributed by atoms with Crippen LogP contribution in [0.15, 0.2) is 58.9 Å². The van der Waals surface area contributed by atoms with E-state index in [9.17, 15) is 14.9 Å². The number of ether oxygens (including phenoxy) is 3. The third-order valence-electron chi connectivity index (χ3n) is 5.69. The minimum atomic E-state index is -0.797. The fourth-order valence-electron chi connectivity index (χ4n) is 4.09. The second kappa shape index (κ2) is 10.5. The third kappa shape index (κ3) is 4.51. The molecule has 9 heteroatoms. The number of fused-ring (bicyclic) bond motifs is 1. The maximum atomic E-state index is 13.4. The molecule has 3 aromatic rings. The lowest BCUT2D eigenvalue weighted by atomic mass is 9.84. The van der Waals surface area contributed by atoms with Gasteiger partial charge in [-0.1, -0.05) is 24.3 Å². The van der Waals surface area contributed by atoms with E-state index in [1.807, 2.05) is 38.1 Å². The normalized spacial score (nSPS) is 15.3. The lowest BCUT2D eigenvalue weighted by Crippen LogP contribution is -2.40. The molecule has 0 saturated carbocycles. The molecule has 8 nitrogen and oxygen atoms in total. The van der Waals surface area contributed by atoms with Gasteiger partial charge in [-0.2, -0.15) is 5.26 Å². The summed E-state index contributed by atoms with van der Waals surface area (Å²) >= 11 is 1.13. The van der Waals surface area contributed by atoms with Gasteiger partial charge in [-0.25, -0.2) is 4.79 Å². The number of carbonyl (C=O) groups excluding carboxylic acids is 1. The molecule has 1 aromatic heterocycles. The molecule has 184 valence electrons. The first-order valence-electron chi connectivity index (χ1n) is 11.3. The summed E-state index contributed by atoms with van der Waals surface area (Å²) in [5, 5.41) is 10.0. The Hall–Kier alpha value is -4.29. The van der Waals surface area contributed by atoms with Gasteiger partial charge in [0.2, 0.25) is 0 Å². The number of carbonyl (C=O) groups is 1. The SMILES string of the molecule is CCOc1ccc(/C=c2/sc3n(c2=O)C(N)=C(C#N)[C@@H](c2ccc(OCC)cc2)C=3C(=O)OC)cc1. The summed E-state index contributed by atoms with van der Waals surface area (Å²) in [6, 6.07) is 16.5. The second-order valence-corrected chi connectivity index (χ2v) is 8.84. The second-order valence-electron chi connectivity index (χ2n) is 7.81. The summed E-state index contributed by atoms with van der Waals surface area (Å²) in [5.74, 6) is -0.0625. The third-order valence-corrected chi connectivity index (χ3v) is 6.80. The summed E-state index contributed by atoms with van der Waals surface area (Å²) in [6.45, 7) is 4.85. The van der Waals surface area contributed by atoms with Crippen molar-refractivity contribution in [1.29, 1.82) is 5.26 Å². The molecule has 2 aromatic carbocycles. The summed E-state index contributed by atoms with van der Waals surface area (Å²) in [5.41, 5.74) is 7.67. The maximum Gasteiger partial charge on any atom is 0.337 e. The number of methoxy groups -OCH3 is 1. The van der Waals surface area contributed by atoms with E-state index in [1.54, 1.807) is 30.3 Å². The van der Waals surface area contributed by atoms with E-state index < -0.39 is 17.4 Å². The highest BCUT2D eigenvalue weighted by Crippen LogP contribution is 2.37. The van der Waals surface area contributed by atoms with Crippen molar-refractivity contribution in [2.75, 3.05) is 20.3 Å². The van der Waals surface area contributed by atoms with Crippen LogP contribution >= 0.6 is 11.3 Å². The monoisotopic (exact) mass is 503 g/mol. The molecule has 0 radical (unpaired) electrons. The number of benzene rings is 2. The fourth-order valence-corrected chi connectivity index (χ4v) is 5.25. The smallest absolute Gasteiger partial charge is 0.337 e. The Morgan fingerprint density at radius 1 is 1.08 bits per heavy atom. The number of hydrogen-bond acceptors (Lipinski definition) is 8. The topological polar surface area (TPSA) is 117 Å². The molecule has 0 spiro atoms. The van der Waals surface area contributed by atoms with E-state index in [-0.39, 0.29) is 17.0 Å². The zero-order valence-electron chi connectivity index (χ0n) is 20.1. The predicted octanol–water partition coefficient (Wildman–Crippen LogP) is 2.31. The molecule has 1 atom stereocenters. The number of nitrogens with two attached hydrogens (primary N) is 1. The molecule has 0 fully saturated rings. The number of allylic oxidation sites excluding steroid dienone is 1. The van der Waals surface area contributed by atoms with Gasteiger partial charge in [0.15, 0.2) is 0 Å². The first-order chi connectivity index (χ1) is 17.4. The van der Waals surface area contributed by atoms with Gasteiger partial charge in [0.25, 0.3) is 5.56 Å². The van der Waals surface area contributed by atoms with Crippen molar-refractivity contribution in [3.63, 3.8) is 0 Å². The number of hydrogen-bond donors (Lipinski definition) is 1. The van der Waals surface area contributed by atoms with Gasteiger partial charge in [0.1, 0.15) is 22.0 Å². The molecule has 0 aliphatic carbocycles. The minimum absolute atomic E-state index is 0.00775. The van der Waals surface area contributed by atoms with E-state index in [0.29, 0.717) is 33.7 Å². The van der Waals surface area contributed by atoms with Crippen molar-refractivity contribution in [3.8, 4) is 17.6 Å². The molecule has 4 rings (SSSR count). The summed E-state index contributed by atoms with van der Waals surface area (Å²) in [7, 11) is 1.27. The van der Waals surface area contributed by atoms with Crippen LogP contribution in [0.4, 0.5) is 0 Å². The van der Waals surface area contributed by atoms with Crippen LogP contribution < -0.4 is 30.0 Å². The van der Waals surface area contributed by atoms with Crippen LogP contribution in [-0.4, -0.2) is 30.9 Å². The van der Waals surface area contributed by atoms with Crippen molar-refractivity contribution < 1.29 is 19.0 Å². The molecular weight excluding hydrogens is 478 g/mol. The largest absolute Gasteiger partial charge is 0.494 e. The van der Waals surface area contributed by atoms with E-state index in [1.165, 1.54) is 11.7 Å². The molecule has 36 heavy (non-hydrogen) atoms. The molecule has 0 bridgehead atoms. The minimum Gasteiger partial charge on any atom is -0.494 e. The van der Waals surface area contributed by atoms with Crippen molar-refractivity contribution in [3.05, 3.63) is 84.8 Å². The van der Waals surface area contributed by atoms with Gasteiger partial charge < -0.3 is 19.9 Å². The van der Waals surface area contributed by atoms with Crippen molar-refractivity contribution in [2.24, 2.45) is 5.73 Å². The number of aromatic nitrogens is 1. The van der Waals surface area contributed by atoms with Crippen molar-refractivity contribution >= 4 is 34.8 Å². The van der Waals surface area contributed by atoms with Crippen LogP contribution in [0.1, 0.15) is 30.9 Å². The Balaban J connectivity index is 1.96. The molecule has 0 unspecified atom stereocenters. The predicted molar refractivity (Wildman–Crippen MR) is 138 cm³/mol. The van der Waals surface area contributed by atoms with Gasteiger partial charge in [0, 0.05) is 0 Å². The molecular formula is C27H25N3O5S. The molecule has 2 heterocycles. The van der Waals surface area contributed by atoms with Crippen LogP contribution in [0, 0.1) is 11.3 Å². The van der Waals surface area contributed by atoms with Crippen molar-refractivity contribution in [1.82, 2.24) is 4.57 Å². The molecule has 1 aliphatic rings. The fraction of sp³-hybridized carbons (Fsp3) is 0.222. The highest BCUT2D eigenvalue weighted by molar-refractivity contribution is 7.07. The molecule has 1 aliphatic heterocycles. The highest BCUT2D eigenvalue weighted by atomic mass is 32.1. The summed E-state index contributed by atoms with van der Waals surface area (Å²) < 4.78 is 18.0. The van der Waals surface area contributed by atoms with Gasteiger partial charge in [0.05, 0.1) is 48.0 Å². The Labute approximate surface area is 211 Å². The average molecular weight is 504 g/mol. The Morgan fingerprint density at radius 2 is 1.67 bits per heavy atom. The standard InChI is InChI=1S/C27H25N3O5S/c1-4-34-18-10-6-16(7-11-18)14-21-25(31)30-24(29)20(15-28)22(23(26(30)36-21)27(32)33-3)17-8-12-19(13-9-17)35-5-2/h6-14,22H,4-5,29H2,1-3H3/b21-14+/t22-/m1/s1. The zero-order valence-corrected chi connectivity index (χ0v) is 20.9. The number of thiazole rings is 1. The molecule has 0 amide bonds. The van der Waals surface area contributed by atoms with Gasteiger partial charge in [-0.05, 0) is 55.3 Å². The van der Waals surface area contributed by atoms with E-state index in [4.69, 9.17) is 19.9 Å². The van der Waals surface area contributed by atoms with Crippen molar-refractivity contribution in [2.45, 2.75) is 19.8 Å². The number of esters is 1. The molecule has 0 saturated heterocycles. The van der Waals surface area contributed by atoms with Crippen LogP contribution in [0.25, 0.3) is 17.5 Å². The van der Waals surface area contributed by atoms with E-state index >= 15 is 0 Å². The summed E-state index contributed by atoms with van der Waals surface area (Å²) in [4.78, 5) is 26.4. The zero-order chi connectivity index (χ0) is 25.8. The quantitative estimate of drug-likeness (QED) is 0.492. The Bertz CT molecular complexity index is 1540. The Kier molecular flexibility index (Phi) is 7.27. The number of rotatable bonds is 7. The first kappa shape index (κ1) is 24.8. The lowest BCUT2D eigenvalue weighted by Gasteiger charge is -2.24.